The highest BCUT2D eigenvalue weighted by atomic mass is 32.2. The summed E-state index contributed by atoms with van der Waals surface area (Å²) in [5.41, 5.74) is 3.09. The molecule has 4 aromatic rings. The Morgan fingerprint density at radius 3 is 2.03 bits per heavy atom. The van der Waals surface area contributed by atoms with E-state index in [1.54, 1.807) is 24.5 Å². The van der Waals surface area contributed by atoms with Gasteiger partial charge in [-0.2, -0.15) is 5.10 Å². The van der Waals surface area contributed by atoms with E-state index in [1.165, 1.54) is 24.1 Å². The first-order valence-electron chi connectivity index (χ1n) is 11.8. The van der Waals surface area contributed by atoms with E-state index in [2.05, 4.69) is 28.1 Å². The predicted octanol–water partition coefficient (Wildman–Crippen LogP) is 6.58. The smallest absolute Gasteiger partial charge is 0.123 e. The number of benzene rings is 3. The Balaban J connectivity index is 0.000000158. The van der Waals surface area contributed by atoms with Crippen molar-refractivity contribution in [3.63, 3.8) is 0 Å². The Labute approximate surface area is 210 Å². The van der Waals surface area contributed by atoms with Crippen molar-refractivity contribution in [3.8, 4) is 5.69 Å². The van der Waals surface area contributed by atoms with Gasteiger partial charge in [0, 0.05) is 24.7 Å². The van der Waals surface area contributed by atoms with Gasteiger partial charge in [0.05, 0.1) is 28.4 Å². The second-order valence-electron chi connectivity index (χ2n) is 8.68. The highest BCUT2D eigenvalue weighted by molar-refractivity contribution is 7.81. The van der Waals surface area contributed by atoms with Crippen LogP contribution in [0, 0.1) is 24.6 Å². The van der Waals surface area contributed by atoms with Crippen LogP contribution in [-0.2, 0) is 11.0 Å². The van der Waals surface area contributed by atoms with Gasteiger partial charge in [0.2, 0.25) is 0 Å². The van der Waals surface area contributed by atoms with Crippen LogP contribution < -0.4 is 0 Å². The highest BCUT2D eigenvalue weighted by Crippen LogP contribution is 2.45. The standard InChI is InChI=1S/C14H11FN2.C6H11NOS.C6H6.C3H6/c1-10-2-3-11-9-16-17(14(11)8-10)13-6-4-12(15)5-7-13;1-9(8)7-3-5-2-6(5)4-7;1-2-4-6-5-3-1;1-3-2/h2-9H,1H3;5-6H,2-4H2,1H3;1-6H;3H,1H2,2H3. The first-order valence-corrected chi connectivity index (χ1v) is 13.3. The fourth-order valence-electron chi connectivity index (χ4n) is 3.87. The number of aryl methyl sites for hydroxylation is 1. The molecule has 0 amide bonds. The van der Waals surface area contributed by atoms with Crippen LogP contribution in [0.15, 0.2) is 97.7 Å². The number of nitrogens with zero attached hydrogens (tertiary/aromatic N) is 3. The Hall–Kier alpha value is -3.09. The summed E-state index contributed by atoms with van der Waals surface area (Å²) in [6.45, 7) is 9.48. The van der Waals surface area contributed by atoms with E-state index in [9.17, 15) is 8.60 Å². The topological polar surface area (TPSA) is 38.1 Å². The number of aromatic nitrogens is 2. The molecule has 2 fully saturated rings. The number of halogens is 1. The predicted molar refractivity (Wildman–Crippen MR) is 145 cm³/mol. The maximum absolute atomic E-state index is 12.9. The van der Waals surface area contributed by atoms with Crippen molar-refractivity contribution in [1.82, 2.24) is 14.1 Å². The lowest BCUT2D eigenvalue weighted by atomic mass is 10.2. The summed E-state index contributed by atoms with van der Waals surface area (Å²) in [5, 5.41) is 5.41. The molecule has 3 atom stereocenters. The van der Waals surface area contributed by atoms with Crippen LogP contribution in [0.25, 0.3) is 16.6 Å². The largest absolute Gasteiger partial charge is 0.243 e. The summed E-state index contributed by atoms with van der Waals surface area (Å²) in [4.78, 5) is 0. The van der Waals surface area contributed by atoms with Crippen molar-refractivity contribution in [1.29, 1.82) is 0 Å². The van der Waals surface area contributed by atoms with Gasteiger partial charge in [-0.1, -0.05) is 54.6 Å². The van der Waals surface area contributed by atoms with Gasteiger partial charge in [-0.3, -0.25) is 0 Å². The number of piperidine rings is 1. The zero-order valence-corrected chi connectivity index (χ0v) is 21.5. The van der Waals surface area contributed by atoms with Gasteiger partial charge in [-0.05, 0) is 68.0 Å². The summed E-state index contributed by atoms with van der Waals surface area (Å²) < 4.78 is 27.6. The molecule has 184 valence electrons. The molecule has 0 radical (unpaired) electrons. The minimum atomic E-state index is -0.698. The van der Waals surface area contributed by atoms with E-state index < -0.39 is 11.0 Å². The molecule has 1 aromatic heterocycles. The second-order valence-corrected chi connectivity index (χ2v) is 10.0. The van der Waals surface area contributed by atoms with E-state index in [4.69, 9.17) is 0 Å². The third-order valence-electron chi connectivity index (χ3n) is 5.77. The third kappa shape index (κ3) is 7.98. The van der Waals surface area contributed by atoms with E-state index in [0.29, 0.717) is 0 Å². The summed E-state index contributed by atoms with van der Waals surface area (Å²) >= 11 is 0. The van der Waals surface area contributed by atoms with E-state index in [1.807, 2.05) is 67.2 Å². The van der Waals surface area contributed by atoms with Gasteiger partial charge in [0.15, 0.2) is 0 Å². The molecule has 0 N–H and O–H groups in total. The molecular weight excluding hydrogens is 457 g/mol. The minimum Gasteiger partial charge on any atom is -0.243 e. The molecular formula is C29H34FN3OS. The number of fused-ring (bicyclic) bond motifs is 2. The summed E-state index contributed by atoms with van der Waals surface area (Å²) in [7, 11) is -0.698. The van der Waals surface area contributed by atoms with Gasteiger partial charge in [-0.15, -0.1) is 6.58 Å². The molecule has 35 heavy (non-hydrogen) atoms. The van der Waals surface area contributed by atoms with Gasteiger partial charge in [0.1, 0.15) is 5.82 Å². The first-order chi connectivity index (χ1) is 16.9. The summed E-state index contributed by atoms with van der Waals surface area (Å²) in [5.74, 6) is 1.59. The molecule has 1 aliphatic heterocycles. The Morgan fingerprint density at radius 1 is 1.00 bits per heavy atom. The second kappa shape index (κ2) is 13.1. The molecule has 2 heterocycles. The normalized spacial score (nSPS) is 18.5. The highest BCUT2D eigenvalue weighted by Gasteiger charge is 2.45. The molecule has 0 spiro atoms. The monoisotopic (exact) mass is 491 g/mol. The van der Waals surface area contributed by atoms with Gasteiger partial charge in [0.25, 0.3) is 0 Å². The van der Waals surface area contributed by atoms with Crippen molar-refractivity contribution in [2.45, 2.75) is 20.3 Å². The molecule has 4 nitrogen and oxygen atoms in total. The Bertz CT molecular complexity index is 1190. The van der Waals surface area contributed by atoms with Crippen LogP contribution in [0.3, 0.4) is 0 Å². The van der Waals surface area contributed by atoms with Crippen LogP contribution in [0.1, 0.15) is 18.9 Å². The van der Waals surface area contributed by atoms with Crippen LogP contribution in [-0.4, -0.2) is 37.6 Å². The van der Waals surface area contributed by atoms with E-state index in [0.717, 1.165) is 41.5 Å². The van der Waals surface area contributed by atoms with Gasteiger partial charge < -0.3 is 0 Å². The lowest BCUT2D eigenvalue weighted by Crippen LogP contribution is -2.23. The maximum atomic E-state index is 12.9. The molecule has 1 aliphatic carbocycles. The summed E-state index contributed by atoms with van der Waals surface area (Å²) in [6.07, 6.45) is 6.73. The molecule has 6 heteroatoms. The first kappa shape index (κ1) is 26.5. The molecule has 1 saturated heterocycles. The van der Waals surface area contributed by atoms with Crippen LogP contribution >= 0.6 is 0 Å². The van der Waals surface area contributed by atoms with Crippen molar-refractivity contribution >= 4 is 21.9 Å². The zero-order chi connectivity index (χ0) is 25.2. The average Bonchev–Trinajstić information content (AvgIpc) is 3.26. The number of allylic oxidation sites excluding steroid dienone is 1. The third-order valence-corrected chi connectivity index (χ3v) is 6.80. The van der Waals surface area contributed by atoms with Gasteiger partial charge >= 0.3 is 0 Å². The zero-order valence-electron chi connectivity index (χ0n) is 20.7. The lowest BCUT2D eigenvalue weighted by molar-refractivity contribution is 0.488. The van der Waals surface area contributed by atoms with Crippen molar-refractivity contribution in [2.24, 2.45) is 11.8 Å². The number of hydrogen-bond acceptors (Lipinski definition) is 2. The summed E-state index contributed by atoms with van der Waals surface area (Å²) in [6, 6.07) is 24.5. The Morgan fingerprint density at radius 2 is 1.54 bits per heavy atom. The maximum Gasteiger partial charge on any atom is 0.123 e. The SMILES string of the molecule is C=CC.CS(=O)N1CC2CC2C1.Cc1ccc2cnn(-c3ccc(F)cc3)c2c1.c1ccccc1. The fraction of sp³-hybridized carbons (Fsp3) is 0.276. The average molecular weight is 492 g/mol. The minimum absolute atomic E-state index is 0.235. The van der Waals surface area contributed by atoms with Crippen molar-refractivity contribution < 1.29 is 8.60 Å². The van der Waals surface area contributed by atoms with Crippen LogP contribution in [0.5, 0.6) is 0 Å². The number of rotatable bonds is 2. The molecule has 6 rings (SSSR count). The molecule has 0 bridgehead atoms. The quantitative estimate of drug-likeness (QED) is 0.297. The Kier molecular flexibility index (Phi) is 9.94. The van der Waals surface area contributed by atoms with Gasteiger partial charge in [-0.25, -0.2) is 17.6 Å². The number of hydrogen-bond donors (Lipinski definition) is 0. The van der Waals surface area contributed by atoms with Crippen LogP contribution in [0.2, 0.25) is 0 Å². The van der Waals surface area contributed by atoms with Crippen molar-refractivity contribution in [2.75, 3.05) is 19.3 Å². The van der Waals surface area contributed by atoms with E-state index in [-0.39, 0.29) is 5.82 Å². The molecule has 2 aliphatic rings. The van der Waals surface area contributed by atoms with Crippen molar-refractivity contribution in [3.05, 3.63) is 109 Å². The lowest BCUT2D eigenvalue weighted by Gasteiger charge is -2.11. The molecule has 1 saturated carbocycles. The molecule has 3 aromatic carbocycles. The fourth-order valence-corrected chi connectivity index (χ4v) is 4.67. The van der Waals surface area contributed by atoms with Crippen LogP contribution in [0.4, 0.5) is 4.39 Å². The molecule has 3 unspecified atom stereocenters. The van der Waals surface area contributed by atoms with E-state index >= 15 is 0 Å².